The van der Waals surface area contributed by atoms with Crippen LogP contribution in [0.25, 0.3) is 22.3 Å². The van der Waals surface area contributed by atoms with Crippen LogP contribution in [0.3, 0.4) is 0 Å². The van der Waals surface area contributed by atoms with Crippen LogP contribution in [0.15, 0.2) is 48.5 Å². The molecule has 0 aromatic heterocycles. The molecule has 18 heteroatoms. The monoisotopic (exact) mass is 578 g/mol. The van der Waals surface area contributed by atoms with Gasteiger partial charge in [-0.3, -0.25) is 61.3 Å². The van der Waals surface area contributed by atoms with Crippen molar-refractivity contribution >= 4 is 35.4 Å². The summed E-state index contributed by atoms with van der Waals surface area (Å²) in [5, 5.41) is 0. The molecule has 0 radical (unpaired) electrons. The van der Waals surface area contributed by atoms with Crippen LogP contribution in [0.2, 0.25) is 0 Å². The van der Waals surface area contributed by atoms with Crippen molar-refractivity contribution in [1.82, 2.24) is 32.6 Å². The molecule has 0 fully saturated rings. The lowest BCUT2D eigenvalue weighted by Gasteiger charge is -2.22. The van der Waals surface area contributed by atoms with Gasteiger partial charge in [0.15, 0.2) is 0 Å². The van der Waals surface area contributed by atoms with Gasteiger partial charge >= 0.3 is 0 Å². The van der Waals surface area contributed by atoms with Crippen molar-refractivity contribution in [2.75, 3.05) is 0 Å². The highest BCUT2D eigenvalue weighted by Crippen LogP contribution is 2.41. The second-order valence-electron chi connectivity index (χ2n) is 8.21. The van der Waals surface area contributed by atoms with Crippen LogP contribution in [-0.2, 0) is 0 Å². The molecular formula is C24H26N12O6. The second kappa shape index (κ2) is 13.1. The van der Waals surface area contributed by atoms with Gasteiger partial charge in [-0.1, -0.05) is 30.3 Å². The van der Waals surface area contributed by atoms with Crippen LogP contribution in [0.5, 0.6) is 0 Å². The summed E-state index contributed by atoms with van der Waals surface area (Å²) in [7, 11) is 0. The number of nitrogens with one attached hydrogen (secondary N) is 6. The van der Waals surface area contributed by atoms with Crippen LogP contribution in [0, 0.1) is 0 Å². The van der Waals surface area contributed by atoms with Crippen LogP contribution < -0.4 is 67.6 Å². The Morgan fingerprint density at radius 2 is 0.738 bits per heavy atom. The first-order valence-electron chi connectivity index (χ1n) is 11.6. The van der Waals surface area contributed by atoms with Crippen molar-refractivity contribution in [3.63, 3.8) is 0 Å². The van der Waals surface area contributed by atoms with E-state index in [1.54, 1.807) is 0 Å². The van der Waals surface area contributed by atoms with Crippen LogP contribution in [0.1, 0.15) is 62.1 Å². The van der Waals surface area contributed by atoms with Gasteiger partial charge in [0.1, 0.15) is 0 Å². The molecule has 42 heavy (non-hydrogen) atoms. The van der Waals surface area contributed by atoms with Crippen molar-refractivity contribution in [1.29, 1.82) is 0 Å². The van der Waals surface area contributed by atoms with Gasteiger partial charge in [-0.05, 0) is 34.9 Å². The number of carbonyl (C=O) groups excluding carboxylic acids is 6. The number of benzene rings is 3. The molecule has 18 N–H and O–H groups in total. The number of hydrogen-bond acceptors (Lipinski definition) is 12. The van der Waals surface area contributed by atoms with E-state index in [1.165, 1.54) is 48.5 Å². The van der Waals surface area contributed by atoms with Crippen molar-refractivity contribution in [2.24, 2.45) is 35.1 Å². The molecule has 3 aromatic rings. The fourth-order valence-corrected chi connectivity index (χ4v) is 4.39. The number of nitrogens with two attached hydrogens (primary N) is 6. The van der Waals surface area contributed by atoms with Gasteiger partial charge in [-0.25, -0.2) is 35.1 Å². The zero-order valence-corrected chi connectivity index (χ0v) is 21.5. The molecule has 218 valence electrons. The van der Waals surface area contributed by atoms with Crippen molar-refractivity contribution in [2.45, 2.75) is 0 Å². The maximum Gasteiger partial charge on any atom is 0.266 e. The van der Waals surface area contributed by atoms with E-state index >= 15 is 0 Å². The third-order valence-corrected chi connectivity index (χ3v) is 6.10. The molecule has 0 bridgehead atoms. The quantitative estimate of drug-likeness (QED) is 0.0708. The Morgan fingerprint density at radius 3 is 1.17 bits per heavy atom. The predicted octanol–water partition coefficient (Wildman–Crippen LogP) is -3.36. The molecule has 0 aliphatic carbocycles. The molecule has 3 rings (SSSR count). The third-order valence-electron chi connectivity index (χ3n) is 6.10. The first-order valence-corrected chi connectivity index (χ1v) is 11.6. The predicted molar refractivity (Wildman–Crippen MR) is 147 cm³/mol. The Balaban J connectivity index is 2.71. The summed E-state index contributed by atoms with van der Waals surface area (Å²) in [6, 6.07) is 10.5. The zero-order valence-electron chi connectivity index (χ0n) is 21.5. The summed E-state index contributed by atoms with van der Waals surface area (Å²) in [4.78, 5) is 77.5. The highest BCUT2D eigenvalue weighted by molar-refractivity contribution is 6.19. The number of hydrazine groups is 6. The largest absolute Gasteiger partial charge is 0.290 e. The van der Waals surface area contributed by atoms with Gasteiger partial charge in [-0.15, -0.1) is 0 Å². The number of rotatable bonds is 8. The maximum absolute atomic E-state index is 13.3. The summed E-state index contributed by atoms with van der Waals surface area (Å²) in [5.41, 5.74) is 9.17. The van der Waals surface area contributed by atoms with Gasteiger partial charge in [-0.2, -0.15) is 0 Å². The standard InChI is InChI=1S/C24H26N12O6/c25-31-19(37)12-5-1-3-9(16(12)22(40)34-28)10-7-8-14(21(39)33-27)18(24(42)36-30)15(10)11-4-2-6-13(20(38)32-26)17(11)23(41)35-29/h1-8H,25-30H2,(H,31,37)(H,32,38)(H,33,39)(H,34,40)(H,35,41)(H,36,42). The van der Waals surface area contributed by atoms with Gasteiger partial charge in [0.2, 0.25) is 0 Å². The van der Waals surface area contributed by atoms with E-state index in [4.69, 9.17) is 35.1 Å². The number of carbonyl (C=O) groups is 6. The average molecular weight is 579 g/mol. The van der Waals surface area contributed by atoms with E-state index in [0.29, 0.717) is 0 Å². The van der Waals surface area contributed by atoms with Crippen molar-refractivity contribution < 1.29 is 28.8 Å². The molecule has 0 heterocycles. The smallest absolute Gasteiger partial charge is 0.266 e. The van der Waals surface area contributed by atoms with Gasteiger partial charge in [0.05, 0.1) is 33.4 Å². The van der Waals surface area contributed by atoms with Gasteiger partial charge in [0.25, 0.3) is 35.4 Å². The number of amides is 6. The van der Waals surface area contributed by atoms with Crippen molar-refractivity contribution in [3.8, 4) is 22.3 Å². The Bertz CT molecular complexity index is 1620. The molecular weight excluding hydrogens is 552 g/mol. The van der Waals surface area contributed by atoms with E-state index in [-0.39, 0.29) is 50.1 Å². The minimum absolute atomic E-state index is 0.0104. The summed E-state index contributed by atoms with van der Waals surface area (Å²) >= 11 is 0. The minimum atomic E-state index is -1.04. The van der Waals surface area contributed by atoms with Gasteiger partial charge in [0, 0.05) is 5.56 Å². The Kier molecular flexibility index (Phi) is 9.57. The van der Waals surface area contributed by atoms with E-state index in [2.05, 4.69) is 0 Å². The summed E-state index contributed by atoms with van der Waals surface area (Å²) in [5.74, 6) is 26.6. The second-order valence-corrected chi connectivity index (χ2v) is 8.21. The summed E-state index contributed by atoms with van der Waals surface area (Å²) < 4.78 is 0. The average Bonchev–Trinajstić information content (AvgIpc) is 3.04. The highest BCUT2D eigenvalue weighted by atomic mass is 16.2. The van der Waals surface area contributed by atoms with E-state index in [9.17, 15) is 28.8 Å². The van der Waals surface area contributed by atoms with E-state index in [0.717, 1.165) is 0 Å². The topological polar surface area (TPSA) is 331 Å². The molecule has 0 spiro atoms. The first kappa shape index (κ1) is 30.8. The fourth-order valence-electron chi connectivity index (χ4n) is 4.39. The van der Waals surface area contributed by atoms with Crippen molar-refractivity contribution in [3.05, 3.63) is 81.9 Å². The van der Waals surface area contributed by atoms with Gasteiger partial charge < -0.3 is 0 Å². The van der Waals surface area contributed by atoms with Crippen LogP contribution in [0.4, 0.5) is 0 Å². The molecule has 0 aliphatic heterocycles. The van der Waals surface area contributed by atoms with Crippen LogP contribution >= 0.6 is 0 Å². The zero-order chi connectivity index (χ0) is 31.1. The Labute approximate surface area is 236 Å². The molecule has 0 saturated carbocycles. The highest BCUT2D eigenvalue weighted by Gasteiger charge is 2.31. The lowest BCUT2D eigenvalue weighted by molar-refractivity contribution is 0.0918. The molecule has 0 unspecified atom stereocenters. The minimum Gasteiger partial charge on any atom is -0.290 e. The number of nitrogen functional groups attached to an aromatic ring is 6. The van der Waals surface area contributed by atoms with E-state index < -0.39 is 41.0 Å². The summed E-state index contributed by atoms with van der Waals surface area (Å²) in [6.45, 7) is 0. The normalized spacial score (nSPS) is 10.2. The molecule has 0 aliphatic rings. The lowest BCUT2D eigenvalue weighted by atomic mass is 9.82. The maximum atomic E-state index is 13.3. The Hall–Kier alpha value is -5.76. The molecule has 0 saturated heterocycles. The fraction of sp³-hybridized carbons (Fsp3) is 0. The molecule has 3 aromatic carbocycles. The SMILES string of the molecule is NNC(=O)c1cccc(-c2ccc(C(=O)NN)c(C(=O)NN)c2-c2cccc(C(=O)NN)c2C(=O)NN)c1C(=O)NN. The molecule has 0 atom stereocenters. The lowest BCUT2D eigenvalue weighted by Crippen LogP contribution is -2.37. The van der Waals surface area contributed by atoms with E-state index in [1.807, 2.05) is 32.6 Å². The summed E-state index contributed by atoms with van der Waals surface area (Å²) in [6.07, 6.45) is 0. The Morgan fingerprint density at radius 1 is 0.381 bits per heavy atom. The number of hydrogen-bond donors (Lipinski definition) is 12. The first-order chi connectivity index (χ1) is 20.1. The third kappa shape index (κ3) is 5.46. The molecule has 18 nitrogen and oxygen atoms in total. The molecule has 6 amide bonds. The van der Waals surface area contributed by atoms with Crippen LogP contribution in [-0.4, -0.2) is 35.4 Å².